The molecular formula is C12H22N2O. The molecule has 0 aliphatic carbocycles. The standard InChI is InChI=1S/C12H22N2O/c1-9(2)11-6-10(15-14-11)7-13-8-12(3,4)5/h6,9,13H,7-8H2,1-5H3. The summed E-state index contributed by atoms with van der Waals surface area (Å²) in [6.45, 7) is 12.6. The van der Waals surface area contributed by atoms with E-state index in [1.807, 2.05) is 6.07 Å². The molecule has 0 fully saturated rings. The van der Waals surface area contributed by atoms with Crippen LogP contribution >= 0.6 is 0 Å². The van der Waals surface area contributed by atoms with Crippen LogP contribution in [0.2, 0.25) is 0 Å². The van der Waals surface area contributed by atoms with Gasteiger partial charge in [-0.25, -0.2) is 0 Å². The average molecular weight is 210 g/mol. The lowest BCUT2D eigenvalue weighted by Crippen LogP contribution is -2.26. The first-order valence-electron chi connectivity index (χ1n) is 5.55. The van der Waals surface area contributed by atoms with E-state index in [0.29, 0.717) is 11.3 Å². The van der Waals surface area contributed by atoms with Crippen molar-refractivity contribution in [3.05, 3.63) is 17.5 Å². The van der Waals surface area contributed by atoms with Crippen LogP contribution in [0, 0.1) is 5.41 Å². The van der Waals surface area contributed by atoms with E-state index in [9.17, 15) is 0 Å². The summed E-state index contributed by atoms with van der Waals surface area (Å²) in [6.07, 6.45) is 0. The van der Waals surface area contributed by atoms with Crippen LogP contribution in [0.3, 0.4) is 0 Å². The Morgan fingerprint density at radius 2 is 2.07 bits per heavy atom. The molecule has 0 saturated carbocycles. The van der Waals surface area contributed by atoms with Crippen LogP contribution < -0.4 is 5.32 Å². The van der Waals surface area contributed by atoms with E-state index in [-0.39, 0.29) is 0 Å². The third kappa shape index (κ3) is 4.47. The highest BCUT2D eigenvalue weighted by Gasteiger charge is 2.11. The molecule has 1 rings (SSSR count). The van der Waals surface area contributed by atoms with Gasteiger partial charge < -0.3 is 9.84 Å². The van der Waals surface area contributed by atoms with E-state index >= 15 is 0 Å². The summed E-state index contributed by atoms with van der Waals surface area (Å²) in [7, 11) is 0. The van der Waals surface area contributed by atoms with Gasteiger partial charge in [-0.2, -0.15) is 0 Å². The predicted octanol–water partition coefficient (Wildman–Crippen LogP) is 2.93. The van der Waals surface area contributed by atoms with Crippen molar-refractivity contribution in [1.82, 2.24) is 10.5 Å². The van der Waals surface area contributed by atoms with E-state index in [0.717, 1.165) is 24.5 Å². The quantitative estimate of drug-likeness (QED) is 0.830. The Balaban J connectivity index is 2.38. The number of rotatable bonds is 4. The van der Waals surface area contributed by atoms with E-state index < -0.39 is 0 Å². The minimum Gasteiger partial charge on any atom is -0.360 e. The highest BCUT2D eigenvalue weighted by molar-refractivity contribution is 5.08. The van der Waals surface area contributed by atoms with Crippen molar-refractivity contribution in [3.63, 3.8) is 0 Å². The first kappa shape index (κ1) is 12.2. The molecule has 0 aliphatic rings. The molecule has 0 radical (unpaired) electrons. The number of nitrogens with one attached hydrogen (secondary N) is 1. The van der Waals surface area contributed by atoms with E-state index in [2.05, 4.69) is 45.1 Å². The van der Waals surface area contributed by atoms with Crippen LogP contribution in [0.4, 0.5) is 0 Å². The largest absolute Gasteiger partial charge is 0.360 e. The number of hydrogen-bond donors (Lipinski definition) is 1. The van der Waals surface area contributed by atoms with E-state index in [4.69, 9.17) is 4.52 Å². The maximum absolute atomic E-state index is 5.23. The minimum absolute atomic E-state index is 0.306. The van der Waals surface area contributed by atoms with Gasteiger partial charge in [-0.05, 0) is 11.3 Å². The molecule has 0 saturated heterocycles. The van der Waals surface area contributed by atoms with Gasteiger partial charge in [0, 0.05) is 12.6 Å². The van der Waals surface area contributed by atoms with Crippen LogP contribution in [0.5, 0.6) is 0 Å². The SMILES string of the molecule is CC(C)c1cc(CNCC(C)(C)C)on1. The average Bonchev–Trinajstić information content (AvgIpc) is 2.50. The first-order chi connectivity index (χ1) is 6.88. The van der Waals surface area contributed by atoms with Crippen molar-refractivity contribution < 1.29 is 4.52 Å². The monoisotopic (exact) mass is 210 g/mol. The summed E-state index contributed by atoms with van der Waals surface area (Å²) in [5, 5.41) is 7.38. The molecule has 1 heterocycles. The molecule has 3 nitrogen and oxygen atoms in total. The second kappa shape index (κ2) is 4.79. The van der Waals surface area contributed by atoms with Crippen molar-refractivity contribution >= 4 is 0 Å². The van der Waals surface area contributed by atoms with Gasteiger partial charge in [-0.15, -0.1) is 0 Å². The Labute approximate surface area is 92.2 Å². The molecule has 0 aromatic carbocycles. The second-order valence-corrected chi connectivity index (χ2v) is 5.54. The highest BCUT2D eigenvalue weighted by atomic mass is 16.5. The summed E-state index contributed by atoms with van der Waals surface area (Å²) in [6, 6.07) is 2.03. The molecule has 0 unspecified atom stereocenters. The third-order valence-corrected chi connectivity index (χ3v) is 2.12. The molecule has 15 heavy (non-hydrogen) atoms. The molecule has 0 aliphatic heterocycles. The lowest BCUT2D eigenvalue weighted by Gasteiger charge is -2.17. The number of aromatic nitrogens is 1. The predicted molar refractivity (Wildman–Crippen MR) is 61.8 cm³/mol. The molecule has 86 valence electrons. The fourth-order valence-corrected chi connectivity index (χ4v) is 1.25. The summed E-state index contributed by atoms with van der Waals surface area (Å²) in [5.41, 5.74) is 1.34. The first-order valence-corrected chi connectivity index (χ1v) is 5.55. The summed E-state index contributed by atoms with van der Waals surface area (Å²) < 4.78 is 5.23. The summed E-state index contributed by atoms with van der Waals surface area (Å²) >= 11 is 0. The van der Waals surface area contributed by atoms with E-state index in [1.54, 1.807) is 0 Å². The van der Waals surface area contributed by atoms with Gasteiger partial charge in [0.2, 0.25) is 0 Å². The van der Waals surface area contributed by atoms with Crippen molar-refractivity contribution in [2.75, 3.05) is 6.54 Å². The maximum atomic E-state index is 5.23. The Hall–Kier alpha value is -0.830. The number of hydrogen-bond acceptors (Lipinski definition) is 3. The van der Waals surface area contributed by atoms with Crippen LogP contribution in [0.1, 0.15) is 52.0 Å². The van der Waals surface area contributed by atoms with Gasteiger partial charge >= 0.3 is 0 Å². The third-order valence-electron chi connectivity index (χ3n) is 2.12. The van der Waals surface area contributed by atoms with Gasteiger partial charge in [-0.1, -0.05) is 39.8 Å². The molecule has 0 atom stereocenters. The second-order valence-electron chi connectivity index (χ2n) is 5.54. The Morgan fingerprint density at radius 1 is 1.40 bits per heavy atom. The van der Waals surface area contributed by atoms with Gasteiger partial charge in [0.05, 0.1) is 12.2 Å². The lowest BCUT2D eigenvalue weighted by molar-refractivity contribution is 0.338. The molecular weight excluding hydrogens is 188 g/mol. The molecule has 0 spiro atoms. The van der Waals surface area contributed by atoms with Crippen molar-refractivity contribution in [3.8, 4) is 0 Å². The molecule has 0 bridgehead atoms. The zero-order valence-corrected chi connectivity index (χ0v) is 10.4. The molecule has 1 aromatic heterocycles. The van der Waals surface area contributed by atoms with E-state index in [1.165, 1.54) is 0 Å². The fourth-order valence-electron chi connectivity index (χ4n) is 1.25. The highest BCUT2D eigenvalue weighted by Crippen LogP contribution is 2.14. The van der Waals surface area contributed by atoms with Gasteiger partial charge in [-0.3, -0.25) is 0 Å². The van der Waals surface area contributed by atoms with Crippen LogP contribution in [-0.2, 0) is 6.54 Å². The molecule has 1 aromatic rings. The molecule has 0 amide bonds. The fraction of sp³-hybridized carbons (Fsp3) is 0.750. The van der Waals surface area contributed by atoms with Crippen LogP contribution in [0.15, 0.2) is 10.6 Å². The molecule has 1 N–H and O–H groups in total. The smallest absolute Gasteiger partial charge is 0.150 e. The number of nitrogens with zero attached hydrogens (tertiary/aromatic N) is 1. The maximum Gasteiger partial charge on any atom is 0.150 e. The van der Waals surface area contributed by atoms with Gasteiger partial charge in [0.25, 0.3) is 0 Å². The minimum atomic E-state index is 0.306. The Kier molecular flexibility index (Phi) is 3.91. The zero-order valence-electron chi connectivity index (χ0n) is 10.4. The Bertz CT molecular complexity index is 297. The normalized spacial score (nSPS) is 12.4. The summed E-state index contributed by atoms with van der Waals surface area (Å²) in [4.78, 5) is 0. The van der Waals surface area contributed by atoms with Crippen LogP contribution in [0.25, 0.3) is 0 Å². The van der Waals surface area contributed by atoms with Crippen molar-refractivity contribution in [2.24, 2.45) is 5.41 Å². The summed E-state index contributed by atoms with van der Waals surface area (Å²) in [5.74, 6) is 1.35. The molecule has 3 heteroatoms. The van der Waals surface area contributed by atoms with Crippen molar-refractivity contribution in [2.45, 2.75) is 47.1 Å². The van der Waals surface area contributed by atoms with Crippen LogP contribution in [-0.4, -0.2) is 11.7 Å². The van der Waals surface area contributed by atoms with Gasteiger partial charge in [0.1, 0.15) is 0 Å². The van der Waals surface area contributed by atoms with Gasteiger partial charge in [0.15, 0.2) is 5.76 Å². The lowest BCUT2D eigenvalue weighted by atomic mass is 9.97. The zero-order chi connectivity index (χ0) is 11.5. The van der Waals surface area contributed by atoms with Crippen molar-refractivity contribution in [1.29, 1.82) is 0 Å². The Morgan fingerprint density at radius 3 is 2.53 bits per heavy atom. The topological polar surface area (TPSA) is 38.1 Å².